The Balaban J connectivity index is 2.01. The second-order valence-corrected chi connectivity index (χ2v) is 5.07. The van der Waals surface area contributed by atoms with E-state index in [1.165, 1.54) is 36.8 Å². The van der Waals surface area contributed by atoms with Crippen LogP contribution in [0.1, 0.15) is 30.9 Å². The number of aryl methyl sites for hydroxylation is 1. The van der Waals surface area contributed by atoms with Crippen LogP contribution in [0.4, 0.5) is 0 Å². The summed E-state index contributed by atoms with van der Waals surface area (Å²) in [5.74, 6) is 1.67. The fourth-order valence-electron chi connectivity index (χ4n) is 2.52. The molecule has 0 aromatic heterocycles. The summed E-state index contributed by atoms with van der Waals surface area (Å²) in [7, 11) is 1.99. The molecule has 1 atom stereocenters. The average Bonchev–Trinajstić information content (AvgIpc) is 2.36. The van der Waals surface area contributed by atoms with Crippen LogP contribution in [0.3, 0.4) is 0 Å². The summed E-state index contributed by atoms with van der Waals surface area (Å²) in [6.45, 7) is 4.03. The summed E-state index contributed by atoms with van der Waals surface area (Å²) in [6, 6.07) is 6.50. The SMILES string of the molecule is CNCC(C)COc1cccc2c1CCCC2. The van der Waals surface area contributed by atoms with E-state index in [0.29, 0.717) is 5.92 Å². The van der Waals surface area contributed by atoms with Crippen molar-refractivity contribution in [2.75, 3.05) is 20.2 Å². The largest absolute Gasteiger partial charge is 0.493 e. The molecule has 1 aliphatic rings. The van der Waals surface area contributed by atoms with Gasteiger partial charge in [-0.2, -0.15) is 0 Å². The van der Waals surface area contributed by atoms with Crippen LogP contribution in [0.2, 0.25) is 0 Å². The molecule has 1 aromatic rings. The molecule has 0 spiro atoms. The highest BCUT2D eigenvalue weighted by Crippen LogP contribution is 2.29. The van der Waals surface area contributed by atoms with E-state index in [0.717, 1.165) is 18.9 Å². The Morgan fingerprint density at radius 3 is 2.94 bits per heavy atom. The Hall–Kier alpha value is -1.02. The lowest BCUT2D eigenvalue weighted by molar-refractivity contribution is 0.255. The summed E-state index contributed by atoms with van der Waals surface area (Å²) < 4.78 is 5.98. The van der Waals surface area contributed by atoms with Crippen molar-refractivity contribution in [1.29, 1.82) is 0 Å². The van der Waals surface area contributed by atoms with E-state index in [4.69, 9.17) is 4.74 Å². The standard InChI is InChI=1S/C15H23NO/c1-12(10-16-2)11-17-15-9-5-7-13-6-3-4-8-14(13)15/h5,7,9,12,16H,3-4,6,8,10-11H2,1-2H3. The Morgan fingerprint density at radius 2 is 2.12 bits per heavy atom. The van der Waals surface area contributed by atoms with E-state index in [1.54, 1.807) is 0 Å². The number of fused-ring (bicyclic) bond motifs is 1. The quantitative estimate of drug-likeness (QED) is 0.844. The maximum atomic E-state index is 5.98. The van der Waals surface area contributed by atoms with Crippen LogP contribution in [0.15, 0.2) is 18.2 Å². The second-order valence-electron chi connectivity index (χ2n) is 5.07. The minimum atomic E-state index is 0.555. The molecule has 1 aromatic carbocycles. The predicted octanol–water partition coefficient (Wildman–Crippen LogP) is 2.80. The van der Waals surface area contributed by atoms with Gasteiger partial charge in [0, 0.05) is 12.5 Å². The normalized spacial score (nSPS) is 16.4. The molecule has 0 saturated heterocycles. The molecule has 2 rings (SSSR count). The lowest BCUT2D eigenvalue weighted by Gasteiger charge is -2.20. The molecule has 0 aliphatic heterocycles. The zero-order chi connectivity index (χ0) is 12.1. The van der Waals surface area contributed by atoms with Gasteiger partial charge in [0.2, 0.25) is 0 Å². The molecule has 0 bridgehead atoms. The molecule has 2 nitrogen and oxygen atoms in total. The maximum absolute atomic E-state index is 5.98. The van der Waals surface area contributed by atoms with E-state index >= 15 is 0 Å². The van der Waals surface area contributed by atoms with Crippen LogP contribution in [0, 0.1) is 5.92 Å². The van der Waals surface area contributed by atoms with Crippen molar-refractivity contribution in [3.05, 3.63) is 29.3 Å². The molecule has 0 saturated carbocycles. The summed E-state index contributed by atoms with van der Waals surface area (Å²) in [5.41, 5.74) is 2.95. The van der Waals surface area contributed by atoms with E-state index in [2.05, 4.69) is 30.4 Å². The first kappa shape index (κ1) is 12.4. The highest BCUT2D eigenvalue weighted by atomic mass is 16.5. The Labute approximate surface area is 104 Å². The topological polar surface area (TPSA) is 21.3 Å². The summed E-state index contributed by atoms with van der Waals surface area (Å²) in [6.07, 6.45) is 5.04. The van der Waals surface area contributed by atoms with Gasteiger partial charge in [0.05, 0.1) is 6.61 Å². The molecule has 2 heteroatoms. The minimum absolute atomic E-state index is 0.555. The third-order valence-corrected chi connectivity index (χ3v) is 3.43. The Kier molecular flexibility index (Phi) is 4.43. The molecule has 1 aliphatic carbocycles. The van der Waals surface area contributed by atoms with Gasteiger partial charge in [-0.3, -0.25) is 0 Å². The number of ether oxygens (including phenoxy) is 1. The van der Waals surface area contributed by atoms with Gasteiger partial charge in [0.15, 0.2) is 0 Å². The highest BCUT2D eigenvalue weighted by Gasteiger charge is 2.14. The maximum Gasteiger partial charge on any atom is 0.122 e. The number of hydrogen-bond donors (Lipinski definition) is 1. The zero-order valence-corrected chi connectivity index (χ0v) is 11.0. The van der Waals surface area contributed by atoms with Crippen molar-refractivity contribution in [2.45, 2.75) is 32.6 Å². The summed E-state index contributed by atoms with van der Waals surface area (Å²) >= 11 is 0. The lowest BCUT2D eigenvalue weighted by atomic mass is 9.91. The van der Waals surface area contributed by atoms with E-state index < -0.39 is 0 Å². The first-order valence-corrected chi connectivity index (χ1v) is 6.69. The molecule has 0 amide bonds. The molecule has 0 heterocycles. The molecule has 1 N–H and O–H groups in total. The number of rotatable bonds is 5. The average molecular weight is 233 g/mol. The van der Waals surface area contributed by atoms with E-state index in [9.17, 15) is 0 Å². The number of nitrogens with one attached hydrogen (secondary N) is 1. The first-order chi connectivity index (χ1) is 8.31. The molecular formula is C15H23NO. The van der Waals surface area contributed by atoms with Crippen LogP contribution in [-0.4, -0.2) is 20.2 Å². The second kappa shape index (κ2) is 6.06. The van der Waals surface area contributed by atoms with Crippen molar-refractivity contribution < 1.29 is 4.74 Å². The Morgan fingerprint density at radius 1 is 1.29 bits per heavy atom. The molecular weight excluding hydrogens is 210 g/mol. The van der Waals surface area contributed by atoms with Crippen molar-refractivity contribution in [3.8, 4) is 5.75 Å². The van der Waals surface area contributed by atoms with Crippen LogP contribution in [0.25, 0.3) is 0 Å². The highest BCUT2D eigenvalue weighted by molar-refractivity contribution is 5.41. The van der Waals surface area contributed by atoms with Gasteiger partial charge in [-0.15, -0.1) is 0 Å². The molecule has 17 heavy (non-hydrogen) atoms. The van der Waals surface area contributed by atoms with Crippen LogP contribution in [0.5, 0.6) is 5.75 Å². The van der Waals surface area contributed by atoms with Crippen LogP contribution < -0.4 is 10.1 Å². The minimum Gasteiger partial charge on any atom is -0.493 e. The van der Waals surface area contributed by atoms with Gasteiger partial charge >= 0.3 is 0 Å². The summed E-state index contributed by atoms with van der Waals surface area (Å²) in [5, 5.41) is 3.19. The fourth-order valence-corrected chi connectivity index (χ4v) is 2.52. The van der Waals surface area contributed by atoms with Crippen molar-refractivity contribution >= 4 is 0 Å². The monoisotopic (exact) mass is 233 g/mol. The van der Waals surface area contributed by atoms with Crippen LogP contribution >= 0.6 is 0 Å². The van der Waals surface area contributed by atoms with Gasteiger partial charge in [-0.25, -0.2) is 0 Å². The third-order valence-electron chi connectivity index (χ3n) is 3.43. The summed E-state index contributed by atoms with van der Waals surface area (Å²) in [4.78, 5) is 0. The van der Waals surface area contributed by atoms with Crippen molar-refractivity contribution in [1.82, 2.24) is 5.32 Å². The number of benzene rings is 1. The van der Waals surface area contributed by atoms with Gasteiger partial charge in [-0.1, -0.05) is 19.1 Å². The lowest BCUT2D eigenvalue weighted by Crippen LogP contribution is -2.22. The zero-order valence-electron chi connectivity index (χ0n) is 11.0. The molecule has 0 fully saturated rings. The van der Waals surface area contributed by atoms with Crippen LogP contribution in [-0.2, 0) is 12.8 Å². The van der Waals surface area contributed by atoms with Crippen molar-refractivity contribution in [2.24, 2.45) is 5.92 Å². The van der Waals surface area contributed by atoms with E-state index in [1.807, 2.05) is 7.05 Å². The smallest absolute Gasteiger partial charge is 0.122 e. The fraction of sp³-hybridized carbons (Fsp3) is 0.600. The number of hydrogen-bond acceptors (Lipinski definition) is 2. The molecule has 94 valence electrons. The van der Waals surface area contributed by atoms with Gasteiger partial charge in [-0.05, 0) is 49.9 Å². The molecule has 0 radical (unpaired) electrons. The molecule has 1 unspecified atom stereocenters. The predicted molar refractivity (Wildman–Crippen MR) is 71.7 cm³/mol. The van der Waals surface area contributed by atoms with Gasteiger partial charge in [0.25, 0.3) is 0 Å². The Bertz CT molecular complexity index is 362. The van der Waals surface area contributed by atoms with Gasteiger partial charge < -0.3 is 10.1 Å². The third kappa shape index (κ3) is 3.22. The van der Waals surface area contributed by atoms with Gasteiger partial charge in [0.1, 0.15) is 5.75 Å². The van der Waals surface area contributed by atoms with E-state index in [-0.39, 0.29) is 0 Å². The first-order valence-electron chi connectivity index (χ1n) is 6.69. The van der Waals surface area contributed by atoms with Crippen molar-refractivity contribution in [3.63, 3.8) is 0 Å².